The average molecular weight is 354 g/mol. The summed E-state index contributed by atoms with van der Waals surface area (Å²) in [6, 6.07) is 11.9. The zero-order valence-electron chi connectivity index (χ0n) is 14.4. The van der Waals surface area contributed by atoms with E-state index in [9.17, 15) is 9.59 Å². The molecule has 2 atom stereocenters. The summed E-state index contributed by atoms with van der Waals surface area (Å²) in [5.41, 5.74) is 1.77. The molecule has 2 aliphatic rings. The van der Waals surface area contributed by atoms with Gasteiger partial charge in [0.2, 0.25) is 5.91 Å². The molecule has 1 saturated heterocycles. The molecule has 1 aliphatic heterocycles. The molecule has 0 bridgehead atoms. The van der Waals surface area contributed by atoms with Gasteiger partial charge < -0.3 is 9.80 Å². The third-order valence-corrected chi connectivity index (χ3v) is 6.27. The Bertz CT molecular complexity index is 779. The van der Waals surface area contributed by atoms with E-state index in [0.29, 0.717) is 32.1 Å². The molecule has 130 valence electrons. The minimum absolute atomic E-state index is 0.0769. The molecule has 5 heteroatoms. The van der Waals surface area contributed by atoms with Crippen molar-refractivity contribution in [1.82, 2.24) is 9.80 Å². The molecule has 1 aromatic heterocycles. The van der Waals surface area contributed by atoms with Crippen LogP contribution in [0, 0.1) is 12.8 Å². The van der Waals surface area contributed by atoms with Gasteiger partial charge in [-0.1, -0.05) is 24.3 Å². The van der Waals surface area contributed by atoms with Gasteiger partial charge in [0.15, 0.2) is 0 Å². The Labute approximate surface area is 152 Å². The molecule has 0 N–H and O–H groups in total. The first-order valence-corrected chi connectivity index (χ1v) is 9.70. The highest BCUT2D eigenvalue weighted by atomic mass is 32.1. The summed E-state index contributed by atoms with van der Waals surface area (Å²) in [4.78, 5) is 30.5. The van der Waals surface area contributed by atoms with Gasteiger partial charge in [0.1, 0.15) is 0 Å². The Morgan fingerprint density at radius 1 is 1.00 bits per heavy atom. The van der Waals surface area contributed by atoms with Gasteiger partial charge in [-0.25, -0.2) is 0 Å². The van der Waals surface area contributed by atoms with E-state index in [0.717, 1.165) is 17.5 Å². The van der Waals surface area contributed by atoms with Crippen molar-refractivity contribution in [2.45, 2.75) is 19.3 Å². The van der Waals surface area contributed by atoms with Crippen LogP contribution in [0.25, 0.3) is 0 Å². The third kappa shape index (κ3) is 3.21. The molecule has 2 heterocycles. The van der Waals surface area contributed by atoms with Gasteiger partial charge in [-0.3, -0.25) is 9.59 Å². The number of thiophene rings is 1. The van der Waals surface area contributed by atoms with Gasteiger partial charge in [-0.2, -0.15) is 0 Å². The molecule has 4 nitrogen and oxygen atoms in total. The maximum atomic E-state index is 12.7. The largest absolute Gasteiger partial charge is 0.339 e. The van der Waals surface area contributed by atoms with E-state index >= 15 is 0 Å². The summed E-state index contributed by atoms with van der Waals surface area (Å²) in [6.07, 6.45) is 0.974. The van der Waals surface area contributed by atoms with Crippen molar-refractivity contribution in [3.05, 3.63) is 57.8 Å². The number of aryl methyl sites for hydroxylation is 1. The Kier molecular flexibility index (Phi) is 4.34. The Balaban J connectivity index is 1.34. The second-order valence-corrected chi connectivity index (χ2v) is 7.88. The predicted molar refractivity (Wildman–Crippen MR) is 98.8 cm³/mol. The van der Waals surface area contributed by atoms with Gasteiger partial charge >= 0.3 is 0 Å². The third-order valence-electron chi connectivity index (χ3n) is 5.27. The first-order chi connectivity index (χ1) is 12.1. The lowest BCUT2D eigenvalue weighted by atomic mass is 10.1. The maximum Gasteiger partial charge on any atom is 0.254 e. The molecular weight excluding hydrogens is 332 g/mol. The van der Waals surface area contributed by atoms with Crippen molar-refractivity contribution < 1.29 is 9.59 Å². The Morgan fingerprint density at radius 3 is 2.40 bits per heavy atom. The van der Waals surface area contributed by atoms with Gasteiger partial charge in [0.25, 0.3) is 5.91 Å². The maximum absolute atomic E-state index is 12.7. The van der Waals surface area contributed by atoms with Crippen molar-refractivity contribution in [2.24, 2.45) is 5.92 Å². The zero-order valence-corrected chi connectivity index (χ0v) is 15.2. The monoisotopic (exact) mass is 354 g/mol. The molecule has 2 aromatic rings. The molecule has 1 saturated carbocycles. The van der Waals surface area contributed by atoms with Gasteiger partial charge in [-0.15, -0.1) is 11.3 Å². The topological polar surface area (TPSA) is 40.6 Å². The quantitative estimate of drug-likeness (QED) is 0.850. The lowest BCUT2D eigenvalue weighted by molar-refractivity contribution is -0.134. The van der Waals surface area contributed by atoms with Gasteiger partial charge in [0.05, 0.1) is 0 Å². The first-order valence-electron chi connectivity index (χ1n) is 8.82. The summed E-state index contributed by atoms with van der Waals surface area (Å²) in [5.74, 6) is 0.908. The van der Waals surface area contributed by atoms with Crippen LogP contribution in [0.5, 0.6) is 0 Å². The van der Waals surface area contributed by atoms with Crippen LogP contribution in [0.4, 0.5) is 0 Å². The van der Waals surface area contributed by atoms with Gasteiger partial charge in [0, 0.05) is 48.5 Å². The van der Waals surface area contributed by atoms with Crippen molar-refractivity contribution >= 4 is 23.2 Å². The van der Waals surface area contributed by atoms with E-state index in [1.807, 2.05) is 41.0 Å². The van der Waals surface area contributed by atoms with Crippen molar-refractivity contribution in [3.8, 4) is 0 Å². The number of nitrogens with zero attached hydrogens (tertiary/aromatic N) is 2. The second kappa shape index (κ2) is 6.64. The summed E-state index contributed by atoms with van der Waals surface area (Å²) < 4.78 is 0. The summed E-state index contributed by atoms with van der Waals surface area (Å²) in [5, 5.41) is 2.07. The minimum atomic E-state index is 0.0769. The fourth-order valence-corrected chi connectivity index (χ4v) is 4.54. The highest BCUT2D eigenvalue weighted by molar-refractivity contribution is 7.10. The fraction of sp³-hybridized carbons (Fsp3) is 0.400. The van der Waals surface area contributed by atoms with E-state index in [1.54, 1.807) is 11.3 Å². The minimum Gasteiger partial charge on any atom is -0.339 e. The number of piperazine rings is 1. The van der Waals surface area contributed by atoms with Crippen LogP contribution in [0.3, 0.4) is 0 Å². The van der Waals surface area contributed by atoms with E-state index in [-0.39, 0.29) is 17.7 Å². The SMILES string of the molecule is Cc1ccccc1C(=O)N1CCN(C(=O)C2CC2c2cccs2)CC1. The van der Waals surface area contributed by atoms with Crippen LogP contribution in [0.1, 0.15) is 33.1 Å². The smallest absolute Gasteiger partial charge is 0.254 e. The second-order valence-electron chi connectivity index (χ2n) is 6.90. The number of benzene rings is 1. The molecule has 25 heavy (non-hydrogen) atoms. The van der Waals surface area contributed by atoms with Crippen LogP contribution >= 0.6 is 11.3 Å². The van der Waals surface area contributed by atoms with E-state index < -0.39 is 0 Å². The molecule has 0 radical (unpaired) electrons. The molecule has 2 unspecified atom stereocenters. The molecule has 2 fully saturated rings. The van der Waals surface area contributed by atoms with Crippen molar-refractivity contribution in [3.63, 3.8) is 0 Å². The Hall–Kier alpha value is -2.14. The normalized spacial score (nSPS) is 22.8. The molecule has 2 amide bonds. The van der Waals surface area contributed by atoms with Crippen molar-refractivity contribution in [1.29, 1.82) is 0 Å². The number of hydrogen-bond acceptors (Lipinski definition) is 3. The predicted octanol–water partition coefficient (Wildman–Crippen LogP) is 3.14. The lowest BCUT2D eigenvalue weighted by Crippen LogP contribution is -2.51. The van der Waals surface area contributed by atoms with Crippen molar-refractivity contribution in [2.75, 3.05) is 26.2 Å². The summed E-state index contributed by atoms with van der Waals surface area (Å²) in [7, 11) is 0. The van der Waals surface area contributed by atoms with Gasteiger partial charge in [-0.05, 0) is 36.4 Å². The van der Waals surface area contributed by atoms with Crippen LogP contribution in [0.15, 0.2) is 41.8 Å². The molecule has 4 rings (SSSR count). The number of hydrogen-bond donors (Lipinski definition) is 0. The summed E-state index contributed by atoms with van der Waals surface area (Å²) in [6.45, 7) is 4.49. The number of rotatable bonds is 3. The van der Waals surface area contributed by atoms with Crippen LogP contribution < -0.4 is 0 Å². The van der Waals surface area contributed by atoms with E-state index in [2.05, 4.69) is 17.5 Å². The molecule has 0 spiro atoms. The number of amides is 2. The average Bonchev–Trinajstić information content (AvgIpc) is 3.25. The lowest BCUT2D eigenvalue weighted by Gasteiger charge is -2.35. The molecule has 1 aliphatic carbocycles. The standard InChI is InChI=1S/C20H22N2O2S/c1-14-5-2-3-6-15(14)19(23)21-8-10-22(11-9-21)20(24)17-13-16(17)18-7-4-12-25-18/h2-7,12,16-17H,8-11,13H2,1H3. The summed E-state index contributed by atoms with van der Waals surface area (Å²) >= 11 is 1.74. The van der Waals surface area contributed by atoms with Crippen LogP contribution in [0.2, 0.25) is 0 Å². The van der Waals surface area contributed by atoms with E-state index in [1.165, 1.54) is 4.88 Å². The number of carbonyl (C=O) groups is 2. The molecule has 1 aromatic carbocycles. The fourth-order valence-electron chi connectivity index (χ4n) is 3.63. The number of carbonyl (C=O) groups excluding carboxylic acids is 2. The zero-order chi connectivity index (χ0) is 17.4. The molecular formula is C20H22N2O2S. The Morgan fingerprint density at radius 2 is 1.72 bits per heavy atom. The van der Waals surface area contributed by atoms with E-state index in [4.69, 9.17) is 0 Å². The highest BCUT2D eigenvalue weighted by Gasteiger charge is 2.46. The van der Waals surface area contributed by atoms with Crippen LogP contribution in [-0.4, -0.2) is 47.8 Å². The first kappa shape index (κ1) is 16.3. The van der Waals surface area contributed by atoms with Crippen LogP contribution in [-0.2, 0) is 4.79 Å². The highest BCUT2D eigenvalue weighted by Crippen LogP contribution is 2.50.